The SMILES string of the molecule is Cc1cc([N+](=O)[O-])ccc1NC(=O)CCN1CCC(C)C(O)C1. The fourth-order valence-electron chi connectivity index (χ4n) is 2.69. The number of hydrogen-bond acceptors (Lipinski definition) is 5. The zero-order valence-electron chi connectivity index (χ0n) is 13.5. The van der Waals surface area contributed by atoms with E-state index in [0.29, 0.717) is 36.7 Å². The number of nitrogens with zero attached hydrogens (tertiary/aromatic N) is 2. The largest absolute Gasteiger partial charge is 0.392 e. The number of carbonyl (C=O) groups is 1. The number of aliphatic hydroxyl groups excluding tert-OH is 1. The summed E-state index contributed by atoms with van der Waals surface area (Å²) in [7, 11) is 0. The van der Waals surface area contributed by atoms with E-state index < -0.39 is 4.92 Å². The van der Waals surface area contributed by atoms with Crippen molar-refractivity contribution in [1.82, 2.24) is 4.90 Å². The Balaban J connectivity index is 1.84. The molecule has 126 valence electrons. The fraction of sp³-hybridized carbons (Fsp3) is 0.562. The van der Waals surface area contributed by atoms with Crippen LogP contribution in [0.15, 0.2) is 18.2 Å². The summed E-state index contributed by atoms with van der Waals surface area (Å²) in [6, 6.07) is 4.38. The van der Waals surface area contributed by atoms with Gasteiger partial charge in [-0.3, -0.25) is 14.9 Å². The number of likely N-dealkylation sites (tertiary alicyclic amines) is 1. The van der Waals surface area contributed by atoms with Crippen molar-refractivity contribution in [2.24, 2.45) is 5.92 Å². The molecule has 0 saturated carbocycles. The number of rotatable bonds is 5. The second-order valence-electron chi connectivity index (χ2n) is 6.19. The third-order valence-corrected chi connectivity index (χ3v) is 4.35. The molecular formula is C16H23N3O4. The van der Waals surface area contributed by atoms with Gasteiger partial charge in [-0.05, 0) is 37.4 Å². The maximum atomic E-state index is 12.0. The first-order chi connectivity index (χ1) is 10.9. The second kappa shape index (κ2) is 7.52. The van der Waals surface area contributed by atoms with E-state index in [-0.39, 0.29) is 17.7 Å². The van der Waals surface area contributed by atoms with Gasteiger partial charge >= 0.3 is 0 Å². The van der Waals surface area contributed by atoms with Crippen molar-refractivity contribution >= 4 is 17.3 Å². The highest BCUT2D eigenvalue weighted by atomic mass is 16.6. The number of carbonyl (C=O) groups excluding carboxylic acids is 1. The zero-order valence-corrected chi connectivity index (χ0v) is 13.5. The molecule has 1 aliphatic rings. The molecule has 7 heteroatoms. The van der Waals surface area contributed by atoms with Gasteiger partial charge in [-0.25, -0.2) is 0 Å². The monoisotopic (exact) mass is 321 g/mol. The highest BCUT2D eigenvalue weighted by molar-refractivity contribution is 5.91. The van der Waals surface area contributed by atoms with Crippen LogP contribution < -0.4 is 5.32 Å². The summed E-state index contributed by atoms with van der Waals surface area (Å²) < 4.78 is 0. The summed E-state index contributed by atoms with van der Waals surface area (Å²) in [6.45, 7) is 5.85. The molecule has 2 N–H and O–H groups in total. The molecule has 0 aromatic heterocycles. The summed E-state index contributed by atoms with van der Waals surface area (Å²) in [5.41, 5.74) is 1.26. The summed E-state index contributed by atoms with van der Waals surface area (Å²) in [4.78, 5) is 24.4. The number of nitro groups is 1. The standard InChI is InChI=1S/C16H23N3O4/c1-11-5-7-18(10-15(11)20)8-6-16(21)17-14-4-3-13(19(22)23)9-12(14)2/h3-4,9,11,15,20H,5-8,10H2,1-2H3,(H,17,21). The molecule has 1 amide bonds. The molecule has 1 heterocycles. The van der Waals surface area contributed by atoms with Crippen LogP contribution in [0.4, 0.5) is 11.4 Å². The Bertz CT molecular complexity index is 591. The quantitative estimate of drug-likeness (QED) is 0.638. The lowest BCUT2D eigenvalue weighted by Gasteiger charge is -2.34. The number of non-ortho nitro benzene ring substituents is 1. The maximum absolute atomic E-state index is 12.0. The number of β-amino-alcohol motifs (C(OH)–C–C–N with tert-alkyl or cyclic N) is 1. The number of anilines is 1. The van der Waals surface area contributed by atoms with E-state index in [0.717, 1.165) is 13.0 Å². The molecule has 1 aliphatic heterocycles. The Morgan fingerprint density at radius 2 is 2.26 bits per heavy atom. The van der Waals surface area contributed by atoms with Crippen molar-refractivity contribution in [3.63, 3.8) is 0 Å². The minimum Gasteiger partial charge on any atom is -0.392 e. The van der Waals surface area contributed by atoms with Gasteiger partial charge in [0.2, 0.25) is 5.91 Å². The average molecular weight is 321 g/mol. The molecule has 23 heavy (non-hydrogen) atoms. The molecule has 1 fully saturated rings. The number of hydrogen-bond donors (Lipinski definition) is 2. The molecule has 2 rings (SSSR count). The minimum absolute atomic E-state index is 0.0110. The van der Waals surface area contributed by atoms with Crippen molar-refractivity contribution in [3.8, 4) is 0 Å². The van der Waals surface area contributed by atoms with Crippen molar-refractivity contribution < 1.29 is 14.8 Å². The number of aliphatic hydroxyl groups is 1. The Labute approximate surface area is 135 Å². The van der Waals surface area contributed by atoms with Gasteiger partial charge in [0.05, 0.1) is 11.0 Å². The van der Waals surface area contributed by atoms with E-state index in [1.807, 2.05) is 6.92 Å². The highest BCUT2D eigenvalue weighted by Gasteiger charge is 2.24. The van der Waals surface area contributed by atoms with Crippen LogP contribution in [0.2, 0.25) is 0 Å². The van der Waals surface area contributed by atoms with Gasteiger partial charge in [0.25, 0.3) is 5.69 Å². The Hall–Kier alpha value is -1.99. The summed E-state index contributed by atoms with van der Waals surface area (Å²) in [5.74, 6) is 0.179. The van der Waals surface area contributed by atoms with Gasteiger partial charge < -0.3 is 15.3 Å². The predicted octanol–water partition coefficient (Wildman–Crippen LogP) is 1.93. The lowest BCUT2D eigenvalue weighted by atomic mass is 9.96. The molecule has 1 aromatic carbocycles. The van der Waals surface area contributed by atoms with Gasteiger partial charge in [0, 0.05) is 37.3 Å². The summed E-state index contributed by atoms with van der Waals surface area (Å²) >= 11 is 0. The van der Waals surface area contributed by atoms with Gasteiger partial charge in [0.15, 0.2) is 0 Å². The molecule has 1 saturated heterocycles. The topological polar surface area (TPSA) is 95.7 Å². The van der Waals surface area contributed by atoms with E-state index in [1.165, 1.54) is 12.1 Å². The second-order valence-corrected chi connectivity index (χ2v) is 6.19. The van der Waals surface area contributed by atoms with Crippen LogP contribution in [0.3, 0.4) is 0 Å². The van der Waals surface area contributed by atoms with Crippen LogP contribution in [0.25, 0.3) is 0 Å². The molecule has 7 nitrogen and oxygen atoms in total. The molecule has 0 aliphatic carbocycles. The first-order valence-corrected chi connectivity index (χ1v) is 7.82. The normalized spacial score (nSPS) is 21.9. The van der Waals surface area contributed by atoms with E-state index >= 15 is 0 Å². The number of aryl methyl sites for hydroxylation is 1. The number of amides is 1. The molecule has 0 bridgehead atoms. The van der Waals surface area contributed by atoms with Crippen molar-refractivity contribution in [2.75, 3.05) is 25.0 Å². The van der Waals surface area contributed by atoms with Gasteiger partial charge in [-0.15, -0.1) is 0 Å². The lowest BCUT2D eigenvalue weighted by Crippen LogP contribution is -2.43. The van der Waals surface area contributed by atoms with Gasteiger partial charge in [0.1, 0.15) is 0 Å². The van der Waals surface area contributed by atoms with Gasteiger partial charge in [-0.2, -0.15) is 0 Å². The van der Waals surface area contributed by atoms with Crippen LogP contribution in [-0.4, -0.2) is 46.6 Å². The third kappa shape index (κ3) is 4.74. The molecule has 0 spiro atoms. The minimum atomic E-state index is -0.457. The summed E-state index contributed by atoms with van der Waals surface area (Å²) in [5, 5.41) is 23.3. The maximum Gasteiger partial charge on any atom is 0.269 e. The van der Waals surface area contributed by atoms with Crippen molar-refractivity contribution in [1.29, 1.82) is 0 Å². The lowest BCUT2D eigenvalue weighted by molar-refractivity contribution is -0.384. The molecule has 1 aromatic rings. The Kier molecular flexibility index (Phi) is 5.68. The molecule has 2 unspecified atom stereocenters. The Morgan fingerprint density at radius 1 is 1.52 bits per heavy atom. The van der Waals surface area contributed by atoms with Crippen LogP contribution >= 0.6 is 0 Å². The fourth-order valence-corrected chi connectivity index (χ4v) is 2.69. The highest BCUT2D eigenvalue weighted by Crippen LogP contribution is 2.21. The number of piperidine rings is 1. The van der Waals surface area contributed by atoms with E-state index in [1.54, 1.807) is 13.0 Å². The van der Waals surface area contributed by atoms with E-state index in [9.17, 15) is 20.0 Å². The predicted molar refractivity (Wildman–Crippen MR) is 87.3 cm³/mol. The van der Waals surface area contributed by atoms with Crippen molar-refractivity contribution in [3.05, 3.63) is 33.9 Å². The first-order valence-electron chi connectivity index (χ1n) is 7.82. The van der Waals surface area contributed by atoms with Gasteiger partial charge in [-0.1, -0.05) is 6.92 Å². The van der Waals surface area contributed by atoms with Crippen molar-refractivity contribution in [2.45, 2.75) is 32.8 Å². The molecule has 0 radical (unpaired) electrons. The number of nitro benzene ring substituents is 1. The van der Waals surface area contributed by atoms with Crippen LogP contribution in [0.1, 0.15) is 25.3 Å². The van der Waals surface area contributed by atoms with Crippen LogP contribution in [-0.2, 0) is 4.79 Å². The zero-order chi connectivity index (χ0) is 17.0. The third-order valence-electron chi connectivity index (χ3n) is 4.35. The Morgan fingerprint density at radius 3 is 2.87 bits per heavy atom. The van der Waals surface area contributed by atoms with E-state index in [2.05, 4.69) is 10.2 Å². The molecule has 2 atom stereocenters. The van der Waals surface area contributed by atoms with Crippen LogP contribution in [0.5, 0.6) is 0 Å². The van der Waals surface area contributed by atoms with E-state index in [4.69, 9.17) is 0 Å². The molecular weight excluding hydrogens is 298 g/mol. The number of nitrogens with one attached hydrogen (secondary N) is 1. The van der Waals surface area contributed by atoms with Crippen LogP contribution in [0, 0.1) is 23.0 Å². The average Bonchev–Trinajstić information content (AvgIpc) is 2.50. The summed E-state index contributed by atoms with van der Waals surface area (Å²) in [6.07, 6.45) is 0.936. The number of benzene rings is 1. The first kappa shape index (κ1) is 17.4. The smallest absolute Gasteiger partial charge is 0.269 e.